The molecule has 3 heterocycles. The van der Waals surface area contributed by atoms with Gasteiger partial charge in [0.25, 0.3) is 0 Å². The SMILES string of the molecule is Cn1ccnc1C(NCC1(C)CCCS1)c1cccs1. The monoisotopic (exact) mass is 307 g/mol. The Morgan fingerprint density at radius 2 is 2.45 bits per heavy atom. The molecule has 2 atom stereocenters. The van der Waals surface area contributed by atoms with Gasteiger partial charge in [-0.25, -0.2) is 4.98 Å². The summed E-state index contributed by atoms with van der Waals surface area (Å²) in [6.07, 6.45) is 6.55. The first-order valence-corrected chi connectivity index (χ1v) is 8.92. The van der Waals surface area contributed by atoms with Crippen LogP contribution in [0, 0.1) is 0 Å². The topological polar surface area (TPSA) is 29.9 Å². The highest BCUT2D eigenvalue weighted by atomic mass is 32.2. The molecule has 1 aliphatic heterocycles. The Balaban J connectivity index is 1.78. The van der Waals surface area contributed by atoms with Gasteiger partial charge in [0.2, 0.25) is 0 Å². The summed E-state index contributed by atoms with van der Waals surface area (Å²) in [6.45, 7) is 3.41. The lowest BCUT2D eigenvalue weighted by Gasteiger charge is -2.26. The van der Waals surface area contributed by atoms with E-state index in [0.29, 0.717) is 4.75 Å². The van der Waals surface area contributed by atoms with Crippen LogP contribution in [0.25, 0.3) is 0 Å². The number of rotatable bonds is 5. The van der Waals surface area contributed by atoms with Gasteiger partial charge >= 0.3 is 0 Å². The van der Waals surface area contributed by atoms with E-state index in [1.54, 1.807) is 11.3 Å². The van der Waals surface area contributed by atoms with Crippen molar-refractivity contribution < 1.29 is 0 Å². The van der Waals surface area contributed by atoms with Gasteiger partial charge in [0.05, 0.1) is 0 Å². The van der Waals surface area contributed by atoms with Crippen LogP contribution in [0.15, 0.2) is 29.9 Å². The zero-order chi connectivity index (χ0) is 14.0. The van der Waals surface area contributed by atoms with Crippen LogP contribution in [-0.2, 0) is 7.05 Å². The van der Waals surface area contributed by atoms with Gasteiger partial charge in [0, 0.05) is 35.6 Å². The Labute approximate surface area is 128 Å². The standard InChI is InChI=1S/C15H21N3S2/c1-15(6-4-10-20-15)11-17-13(12-5-3-9-19-12)14-16-7-8-18(14)2/h3,5,7-9,13,17H,4,6,10-11H2,1-2H3. The molecule has 108 valence electrons. The van der Waals surface area contributed by atoms with Crippen molar-refractivity contribution in [3.05, 3.63) is 40.6 Å². The summed E-state index contributed by atoms with van der Waals surface area (Å²) in [5.74, 6) is 2.39. The minimum absolute atomic E-state index is 0.202. The minimum Gasteiger partial charge on any atom is -0.336 e. The number of hydrogen-bond acceptors (Lipinski definition) is 4. The Kier molecular flexibility index (Phi) is 4.19. The first kappa shape index (κ1) is 14.2. The Morgan fingerprint density at radius 1 is 1.55 bits per heavy atom. The van der Waals surface area contributed by atoms with E-state index in [2.05, 4.69) is 58.1 Å². The third kappa shape index (κ3) is 2.95. The molecule has 0 aliphatic carbocycles. The molecule has 1 N–H and O–H groups in total. The van der Waals surface area contributed by atoms with E-state index < -0.39 is 0 Å². The molecule has 1 fully saturated rings. The first-order valence-electron chi connectivity index (χ1n) is 7.06. The van der Waals surface area contributed by atoms with Crippen LogP contribution < -0.4 is 5.32 Å². The average molecular weight is 307 g/mol. The maximum Gasteiger partial charge on any atom is 0.131 e. The number of nitrogens with zero attached hydrogens (tertiary/aromatic N) is 2. The maximum absolute atomic E-state index is 4.54. The third-order valence-corrected chi connectivity index (χ3v) is 6.40. The van der Waals surface area contributed by atoms with Crippen molar-refractivity contribution in [2.75, 3.05) is 12.3 Å². The number of thioether (sulfide) groups is 1. The zero-order valence-electron chi connectivity index (χ0n) is 12.0. The van der Waals surface area contributed by atoms with Crippen molar-refractivity contribution in [1.29, 1.82) is 0 Å². The minimum atomic E-state index is 0.202. The molecule has 5 heteroatoms. The van der Waals surface area contributed by atoms with Crippen LogP contribution in [0.5, 0.6) is 0 Å². The van der Waals surface area contributed by atoms with Crippen LogP contribution in [0.1, 0.15) is 36.5 Å². The summed E-state index contributed by atoms with van der Waals surface area (Å²) in [7, 11) is 2.07. The summed E-state index contributed by atoms with van der Waals surface area (Å²) in [4.78, 5) is 5.88. The van der Waals surface area contributed by atoms with Crippen LogP contribution >= 0.6 is 23.1 Å². The molecule has 1 saturated heterocycles. The lowest BCUT2D eigenvalue weighted by Crippen LogP contribution is -2.36. The normalized spacial score (nSPS) is 24.1. The average Bonchev–Trinajstić information content (AvgIpc) is 3.14. The Morgan fingerprint density at radius 3 is 3.05 bits per heavy atom. The molecule has 0 aromatic carbocycles. The van der Waals surface area contributed by atoms with Crippen molar-refractivity contribution in [2.24, 2.45) is 7.05 Å². The molecule has 1 aliphatic rings. The van der Waals surface area contributed by atoms with E-state index in [1.165, 1.54) is 23.5 Å². The fraction of sp³-hybridized carbons (Fsp3) is 0.533. The molecule has 3 rings (SSSR count). The molecule has 2 aromatic heterocycles. The maximum atomic E-state index is 4.54. The summed E-state index contributed by atoms with van der Waals surface area (Å²) >= 11 is 3.90. The zero-order valence-corrected chi connectivity index (χ0v) is 13.6. The van der Waals surface area contributed by atoms with Crippen molar-refractivity contribution in [1.82, 2.24) is 14.9 Å². The van der Waals surface area contributed by atoms with Gasteiger partial charge in [-0.3, -0.25) is 0 Å². The number of aryl methyl sites for hydroxylation is 1. The van der Waals surface area contributed by atoms with Gasteiger partial charge in [-0.05, 0) is 37.0 Å². The number of thiophene rings is 1. The number of hydrogen-bond donors (Lipinski definition) is 1. The number of aromatic nitrogens is 2. The van der Waals surface area contributed by atoms with Gasteiger partial charge in [-0.2, -0.15) is 11.8 Å². The second kappa shape index (κ2) is 5.92. The lowest BCUT2D eigenvalue weighted by molar-refractivity contribution is 0.490. The first-order chi connectivity index (χ1) is 9.68. The molecule has 0 spiro atoms. The molecule has 20 heavy (non-hydrogen) atoms. The van der Waals surface area contributed by atoms with Crippen LogP contribution in [0.2, 0.25) is 0 Å². The van der Waals surface area contributed by atoms with Crippen LogP contribution in [-0.4, -0.2) is 26.6 Å². The van der Waals surface area contributed by atoms with Crippen molar-refractivity contribution in [2.45, 2.75) is 30.6 Å². The predicted octanol–water partition coefficient (Wildman–Crippen LogP) is 3.45. The fourth-order valence-electron chi connectivity index (χ4n) is 2.72. The second-order valence-corrected chi connectivity index (χ2v) is 8.29. The van der Waals surface area contributed by atoms with Crippen molar-refractivity contribution in [3.63, 3.8) is 0 Å². The third-order valence-electron chi connectivity index (χ3n) is 3.92. The molecule has 0 bridgehead atoms. The lowest BCUT2D eigenvalue weighted by atomic mass is 10.0. The molecule has 3 nitrogen and oxygen atoms in total. The van der Waals surface area contributed by atoms with Gasteiger partial charge in [-0.1, -0.05) is 6.07 Å². The second-order valence-electron chi connectivity index (χ2n) is 5.63. The van der Waals surface area contributed by atoms with Gasteiger partial charge in [0.15, 0.2) is 0 Å². The van der Waals surface area contributed by atoms with E-state index in [1.807, 2.05) is 12.4 Å². The van der Waals surface area contributed by atoms with E-state index in [4.69, 9.17) is 0 Å². The number of nitrogens with one attached hydrogen (secondary N) is 1. The smallest absolute Gasteiger partial charge is 0.131 e. The molecular formula is C15H21N3S2. The summed E-state index contributed by atoms with van der Waals surface area (Å²) in [6, 6.07) is 4.51. The van der Waals surface area contributed by atoms with E-state index >= 15 is 0 Å². The van der Waals surface area contributed by atoms with E-state index in [-0.39, 0.29) is 6.04 Å². The van der Waals surface area contributed by atoms with E-state index in [9.17, 15) is 0 Å². The summed E-state index contributed by atoms with van der Waals surface area (Å²) in [5.41, 5.74) is 0. The number of imidazole rings is 1. The molecular weight excluding hydrogens is 286 g/mol. The van der Waals surface area contributed by atoms with Crippen molar-refractivity contribution in [3.8, 4) is 0 Å². The fourth-order valence-corrected chi connectivity index (χ4v) is 4.78. The summed E-state index contributed by atoms with van der Waals surface area (Å²) < 4.78 is 2.49. The van der Waals surface area contributed by atoms with Crippen molar-refractivity contribution >= 4 is 23.1 Å². The van der Waals surface area contributed by atoms with Gasteiger partial charge < -0.3 is 9.88 Å². The van der Waals surface area contributed by atoms with Gasteiger partial charge in [-0.15, -0.1) is 11.3 Å². The molecule has 0 saturated carbocycles. The molecule has 0 radical (unpaired) electrons. The van der Waals surface area contributed by atoms with Crippen LogP contribution in [0.4, 0.5) is 0 Å². The molecule has 2 aromatic rings. The van der Waals surface area contributed by atoms with Crippen LogP contribution in [0.3, 0.4) is 0 Å². The molecule has 2 unspecified atom stereocenters. The highest BCUT2D eigenvalue weighted by Crippen LogP contribution is 2.38. The largest absolute Gasteiger partial charge is 0.336 e. The Hall–Kier alpha value is -0.780. The van der Waals surface area contributed by atoms with E-state index in [0.717, 1.165) is 12.4 Å². The summed E-state index contributed by atoms with van der Waals surface area (Å²) in [5, 5.41) is 5.89. The predicted molar refractivity (Wildman–Crippen MR) is 87.5 cm³/mol. The highest BCUT2D eigenvalue weighted by Gasteiger charge is 2.31. The molecule has 0 amide bonds. The Bertz CT molecular complexity index is 541. The highest BCUT2D eigenvalue weighted by molar-refractivity contribution is 8.00. The quantitative estimate of drug-likeness (QED) is 0.917. The van der Waals surface area contributed by atoms with Gasteiger partial charge in [0.1, 0.15) is 11.9 Å².